The van der Waals surface area contributed by atoms with Crippen LogP contribution in [0.2, 0.25) is 0 Å². The SMILES string of the molecule is CC1CC(C)Oc2cccnc2-c2ncccc2O1. The highest BCUT2D eigenvalue weighted by Crippen LogP contribution is 2.35. The van der Waals surface area contributed by atoms with E-state index in [4.69, 9.17) is 9.47 Å². The van der Waals surface area contributed by atoms with Gasteiger partial charge in [0, 0.05) is 18.8 Å². The average Bonchev–Trinajstić information content (AvgIpc) is 2.44. The van der Waals surface area contributed by atoms with Gasteiger partial charge >= 0.3 is 0 Å². The van der Waals surface area contributed by atoms with Gasteiger partial charge in [0.15, 0.2) is 0 Å². The number of aromatic nitrogens is 2. The smallest absolute Gasteiger partial charge is 0.147 e. The van der Waals surface area contributed by atoms with Crippen molar-refractivity contribution in [1.82, 2.24) is 9.97 Å². The first-order chi connectivity index (χ1) is 9.24. The molecule has 2 unspecified atom stereocenters. The van der Waals surface area contributed by atoms with Gasteiger partial charge in [-0.05, 0) is 38.1 Å². The Hall–Kier alpha value is -2.10. The second-order valence-corrected chi connectivity index (χ2v) is 4.79. The van der Waals surface area contributed by atoms with Crippen LogP contribution in [-0.4, -0.2) is 22.2 Å². The first kappa shape index (κ1) is 12.0. The fourth-order valence-electron chi connectivity index (χ4n) is 2.32. The number of rotatable bonds is 0. The van der Waals surface area contributed by atoms with Gasteiger partial charge in [-0.25, -0.2) is 0 Å². The lowest BCUT2D eigenvalue weighted by atomic mass is 10.2. The van der Waals surface area contributed by atoms with Gasteiger partial charge in [-0.2, -0.15) is 0 Å². The van der Waals surface area contributed by atoms with Crippen molar-refractivity contribution >= 4 is 0 Å². The van der Waals surface area contributed by atoms with Crippen molar-refractivity contribution in [2.24, 2.45) is 0 Å². The molecular formula is C15H16N2O2. The molecule has 0 radical (unpaired) electrons. The van der Waals surface area contributed by atoms with Crippen LogP contribution < -0.4 is 9.47 Å². The zero-order chi connectivity index (χ0) is 13.2. The summed E-state index contributed by atoms with van der Waals surface area (Å²) >= 11 is 0. The minimum Gasteiger partial charge on any atom is -0.488 e. The Morgan fingerprint density at radius 3 is 1.84 bits per heavy atom. The van der Waals surface area contributed by atoms with Crippen LogP contribution in [0.3, 0.4) is 0 Å². The number of nitrogens with zero attached hydrogens (tertiary/aromatic N) is 2. The van der Waals surface area contributed by atoms with E-state index in [2.05, 4.69) is 9.97 Å². The van der Waals surface area contributed by atoms with Gasteiger partial charge < -0.3 is 9.47 Å². The molecule has 0 spiro atoms. The Bertz CT molecular complexity index is 534. The molecule has 4 nitrogen and oxygen atoms in total. The predicted octanol–water partition coefficient (Wildman–Crippen LogP) is 3.08. The third kappa shape index (κ3) is 2.38. The normalized spacial score (nSPS) is 21.8. The maximum absolute atomic E-state index is 5.96. The fourth-order valence-corrected chi connectivity index (χ4v) is 2.32. The second-order valence-electron chi connectivity index (χ2n) is 4.79. The molecule has 0 N–H and O–H groups in total. The number of hydrogen-bond donors (Lipinski definition) is 0. The van der Waals surface area contributed by atoms with E-state index >= 15 is 0 Å². The first-order valence-electron chi connectivity index (χ1n) is 6.48. The summed E-state index contributed by atoms with van der Waals surface area (Å²) in [4.78, 5) is 8.79. The highest BCUT2D eigenvalue weighted by molar-refractivity contribution is 5.68. The fraction of sp³-hybridized carbons (Fsp3) is 0.333. The van der Waals surface area contributed by atoms with Gasteiger partial charge in [-0.1, -0.05) is 0 Å². The zero-order valence-corrected chi connectivity index (χ0v) is 11.0. The van der Waals surface area contributed by atoms with Crippen LogP contribution >= 0.6 is 0 Å². The van der Waals surface area contributed by atoms with Crippen LogP contribution in [0, 0.1) is 0 Å². The van der Waals surface area contributed by atoms with E-state index < -0.39 is 0 Å². The van der Waals surface area contributed by atoms with E-state index in [1.54, 1.807) is 12.4 Å². The van der Waals surface area contributed by atoms with Crippen molar-refractivity contribution in [3.8, 4) is 22.9 Å². The minimum absolute atomic E-state index is 0.0762. The Morgan fingerprint density at radius 1 is 0.895 bits per heavy atom. The number of fused-ring (bicyclic) bond motifs is 3. The maximum atomic E-state index is 5.96. The molecule has 2 aromatic heterocycles. The van der Waals surface area contributed by atoms with Crippen LogP contribution in [0.25, 0.3) is 11.4 Å². The summed E-state index contributed by atoms with van der Waals surface area (Å²) in [6, 6.07) is 7.59. The molecule has 3 rings (SSSR count). The molecule has 0 aromatic carbocycles. The molecular weight excluding hydrogens is 240 g/mol. The molecule has 2 atom stereocenters. The van der Waals surface area contributed by atoms with Crippen molar-refractivity contribution in [2.45, 2.75) is 32.5 Å². The Morgan fingerprint density at radius 2 is 1.37 bits per heavy atom. The highest BCUT2D eigenvalue weighted by Gasteiger charge is 2.21. The summed E-state index contributed by atoms with van der Waals surface area (Å²) in [5.74, 6) is 1.51. The lowest BCUT2D eigenvalue weighted by molar-refractivity contribution is 0.134. The Labute approximate surface area is 112 Å². The quantitative estimate of drug-likeness (QED) is 0.726. The molecule has 98 valence electrons. The standard InChI is InChI=1S/C15H16N2O2/c1-10-9-11(2)19-13-6-4-8-17-15(13)14-12(18-10)5-3-7-16-14/h3-8,10-11H,9H2,1-2H3. The van der Waals surface area contributed by atoms with Gasteiger partial charge in [0.05, 0.1) is 12.2 Å². The zero-order valence-electron chi connectivity index (χ0n) is 11.0. The molecule has 0 saturated heterocycles. The van der Waals surface area contributed by atoms with Crippen molar-refractivity contribution in [3.05, 3.63) is 36.7 Å². The molecule has 0 fully saturated rings. The summed E-state index contributed by atoms with van der Waals surface area (Å²) in [5.41, 5.74) is 1.47. The molecule has 4 heteroatoms. The summed E-state index contributed by atoms with van der Waals surface area (Å²) in [5, 5.41) is 0. The van der Waals surface area contributed by atoms with Crippen LogP contribution in [0.5, 0.6) is 11.5 Å². The van der Waals surface area contributed by atoms with E-state index in [9.17, 15) is 0 Å². The van der Waals surface area contributed by atoms with Gasteiger partial charge in [-0.3, -0.25) is 9.97 Å². The predicted molar refractivity (Wildman–Crippen MR) is 72.3 cm³/mol. The molecule has 0 saturated carbocycles. The van der Waals surface area contributed by atoms with Gasteiger partial charge in [-0.15, -0.1) is 0 Å². The number of pyridine rings is 2. The number of hydrogen-bond acceptors (Lipinski definition) is 4. The van der Waals surface area contributed by atoms with Crippen LogP contribution in [0.4, 0.5) is 0 Å². The van der Waals surface area contributed by atoms with Gasteiger partial charge in [0.25, 0.3) is 0 Å². The molecule has 2 aromatic rings. The van der Waals surface area contributed by atoms with Crippen LogP contribution in [0.15, 0.2) is 36.7 Å². The third-order valence-electron chi connectivity index (χ3n) is 3.09. The summed E-state index contributed by atoms with van der Waals surface area (Å²) in [6.07, 6.45) is 4.46. The molecule has 0 bridgehead atoms. The van der Waals surface area contributed by atoms with Crippen LogP contribution in [-0.2, 0) is 0 Å². The third-order valence-corrected chi connectivity index (χ3v) is 3.09. The molecule has 3 heterocycles. The average molecular weight is 256 g/mol. The number of ether oxygens (including phenoxy) is 2. The first-order valence-corrected chi connectivity index (χ1v) is 6.48. The van der Waals surface area contributed by atoms with Crippen molar-refractivity contribution in [3.63, 3.8) is 0 Å². The summed E-state index contributed by atoms with van der Waals surface area (Å²) in [7, 11) is 0. The van der Waals surface area contributed by atoms with Crippen molar-refractivity contribution in [2.75, 3.05) is 0 Å². The maximum Gasteiger partial charge on any atom is 0.147 e. The highest BCUT2D eigenvalue weighted by atomic mass is 16.5. The van der Waals surface area contributed by atoms with E-state index in [0.29, 0.717) is 0 Å². The summed E-state index contributed by atoms with van der Waals surface area (Å²) < 4.78 is 11.9. The molecule has 0 amide bonds. The largest absolute Gasteiger partial charge is 0.488 e. The van der Waals surface area contributed by atoms with E-state index in [1.165, 1.54) is 0 Å². The van der Waals surface area contributed by atoms with Gasteiger partial charge in [0.2, 0.25) is 0 Å². The Balaban J connectivity index is 2.17. The van der Waals surface area contributed by atoms with E-state index in [-0.39, 0.29) is 12.2 Å². The lowest BCUT2D eigenvalue weighted by Gasteiger charge is -2.18. The minimum atomic E-state index is 0.0762. The molecule has 0 aliphatic carbocycles. The lowest BCUT2D eigenvalue weighted by Crippen LogP contribution is -2.22. The van der Waals surface area contributed by atoms with E-state index in [1.807, 2.05) is 38.1 Å². The van der Waals surface area contributed by atoms with E-state index in [0.717, 1.165) is 29.3 Å². The van der Waals surface area contributed by atoms with Crippen LogP contribution in [0.1, 0.15) is 20.3 Å². The molecule has 1 aliphatic rings. The summed E-state index contributed by atoms with van der Waals surface area (Å²) in [6.45, 7) is 4.08. The van der Waals surface area contributed by atoms with Crippen molar-refractivity contribution < 1.29 is 9.47 Å². The Kier molecular flexibility index (Phi) is 3.07. The molecule has 19 heavy (non-hydrogen) atoms. The molecule has 1 aliphatic heterocycles. The monoisotopic (exact) mass is 256 g/mol. The van der Waals surface area contributed by atoms with Gasteiger partial charge in [0.1, 0.15) is 22.9 Å². The second kappa shape index (κ2) is 4.88. The topological polar surface area (TPSA) is 44.2 Å². The van der Waals surface area contributed by atoms with Crippen molar-refractivity contribution in [1.29, 1.82) is 0 Å².